The van der Waals surface area contributed by atoms with Gasteiger partial charge >= 0.3 is 5.69 Å². The van der Waals surface area contributed by atoms with Crippen LogP contribution < -0.4 is 36.0 Å². The van der Waals surface area contributed by atoms with Crippen LogP contribution >= 0.6 is 0 Å². The van der Waals surface area contributed by atoms with Gasteiger partial charge in [-0.2, -0.15) is 5.26 Å². The van der Waals surface area contributed by atoms with Crippen LogP contribution in [0.4, 0.5) is 11.4 Å². The molecule has 0 radical (unpaired) electrons. The number of hydrogen-bond acceptors (Lipinski definition) is 11. The molecule has 3 fully saturated rings. The number of piperidine rings is 1. The van der Waals surface area contributed by atoms with Gasteiger partial charge in [0.25, 0.3) is 11.8 Å². The third kappa shape index (κ3) is 6.98. The van der Waals surface area contributed by atoms with E-state index in [2.05, 4.69) is 36.8 Å². The van der Waals surface area contributed by atoms with Gasteiger partial charge in [-0.1, -0.05) is 6.07 Å². The first kappa shape index (κ1) is 36.1. The highest BCUT2D eigenvalue weighted by Gasteiger charge is 2.34. The van der Waals surface area contributed by atoms with Gasteiger partial charge in [-0.05, 0) is 76.1 Å². The van der Waals surface area contributed by atoms with E-state index >= 15 is 0 Å². The fourth-order valence-electron chi connectivity index (χ4n) is 8.39. The summed E-state index contributed by atoms with van der Waals surface area (Å²) in [4.78, 5) is 60.9. The summed E-state index contributed by atoms with van der Waals surface area (Å²) < 4.78 is 15.3. The van der Waals surface area contributed by atoms with Crippen molar-refractivity contribution >= 4 is 40.1 Å². The molecule has 1 atom stereocenters. The maximum Gasteiger partial charge on any atom is 0.329 e. The third-order valence-corrected chi connectivity index (χ3v) is 11.2. The number of para-hydroxylation sites is 1. The minimum atomic E-state index is -0.715. The van der Waals surface area contributed by atoms with Crippen LogP contribution in [0.25, 0.3) is 11.0 Å². The molecule has 1 unspecified atom stereocenters. The Hall–Kier alpha value is -5.88. The summed E-state index contributed by atoms with van der Waals surface area (Å²) in [6, 6.07) is 12.2. The standard InChI is InChI=1S/C40H45N9O6/c1-23(2)43-34-27(21-42-39-36(34)54-32-19-25(20-41)9-13-31(32)55-39)37(51)44-26-10-7-24(8-11-26)22-47-15-17-48(18-16-47)28-5-4-6-29-35(28)46(3)40(53)49(29)30-12-14-33(50)45-38(30)52/h4-6,9,13,19,21,23-24,26,30H,7-8,10-12,14-18,22H2,1-3H3,(H,42,43)(H,44,51)(H,45,50,52). The van der Waals surface area contributed by atoms with E-state index < -0.39 is 11.9 Å². The maximum absolute atomic E-state index is 13.7. The van der Waals surface area contributed by atoms with Crippen LogP contribution in [0.2, 0.25) is 0 Å². The van der Waals surface area contributed by atoms with Gasteiger partial charge in [0.2, 0.25) is 17.6 Å². The lowest BCUT2D eigenvalue weighted by Gasteiger charge is -2.39. The fraction of sp³-hybridized carbons (Fsp3) is 0.450. The van der Waals surface area contributed by atoms with E-state index in [1.807, 2.05) is 32.0 Å². The largest absolute Gasteiger partial charge is 0.445 e. The zero-order valence-corrected chi connectivity index (χ0v) is 31.3. The molecule has 8 rings (SSSR count). The molecule has 2 aromatic heterocycles. The summed E-state index contributed by atoms with van der Waals surface area (Å²) in [5.41, 5.74) is 3.52. The number of hydrogen-bond donors (Lipinski definition) is 3. The van der Waals surface area contributed by atoms with E-state index in [0.29, 0.717) is 51.9 Å². The summed E-state index contributed by atoms with van der Waals surface area (Å²) in [5.74, 6) is 0.980. The van der Waals surface area contributed by atoms with Crippen molar-refractivity contribution in [1.29, 1.82) is 5.26 Å². The normalized spacial score (nSPS) is 21.2. The topological polar surface area (TPSA) is 176 Å². The van der Waals surface area contributed by atoms with Crippen molar-refractivity contribution < 1.29 is 23.9 Å². The lowest BCUT2D eigenvalue weighted by Crippen LogP contribution is -2.48. The van der Waals surface area contributed by atoms with Crippen molar-refractivity contribution in [1.82, 2.24) is 29.7 Å². The first-order chi connectivity index (χ1) is 26.6. The Balaban J connectivity index is 0.871. The van der Waals surface area contributed by atoms with Gasteiger partial charge in [-0.15, -0.1) is 0 Å². The molecule has 286 valence electrons. The van der Waals surface area contributed by atoms with Gasteiger partial charge in [-0.25, -0.2) is 9.78 Å². The lowest BCUT2D eigenvalue weighted by molar-refractivity contribution is -0.135. The molecule has 2 aromatic carbocycles. The van der Waals surface area contributed by atoms with Crippen LogP contribution in [-0.4, -0.2) is 81.5 Å². The van der Waals surface area contributed by atoms with Crippen LogP contribution in [0.5, 0.6) is 23.1 Å². The Bertz CT molecular complexity index is 2270. The van der Waals surface area contributed by atoms with Crippen LogP contribution in [0.15, 0.2) is 47.4 Å². The van der Waals surface area contributed by atoms with Gasteiger partial charge in [0, 0.05) is 70.5 Å². The van der Waals surface area contributed by atoms with Crippen molar-refractivity contribution in [2.75, 3.05) is 42.9 Å². The van der Waals surface area contributed by atoms with Crippen LogP contribution in [0.3, 0.4) is 0 Å². The van der Waals surface area contributed by atoms with Crippen molar-refractivity contribution in [3.8, 4) is 29.2 Å². The number of amides is 3. The van der Waals surface area contributed by atoms with Crippen LogP contribution in [0.1, 0.15) is 74.3 Å². The molecule has 3 aliphatic heterocycles. The van der Waals surface area contributed by atoms with E-state index in [9.17, 15) is 24.4 Å². The first-order valence-electron chi connectivity index (χ1n) is 19.1. The lowest BCUT2D eigenvalue weighted by atomic mass is 9.85. The molecular weight excluding hydrogens is 702 g/mol. The Kier molecular flexibility index (Phi) is 9.68. The number of pyridine rings is 1. The molecule has 0 bridgehead atoms. The number of carbonyl (C=O) groups excluding carboxylic acids is 3. The smallest absolute Gasteiger partial charge is 0.329 e. The minimum absolute atomic E-state index is 0.000173. The highest BCUT2D eigenvalue weighted by Crippen LogP contribution is 2.49. The van der Waals surface area contributed by atoms with Gasteiger partial charge in [0.05, 0.1) is 39.6 Å². The van der Waals surface area contributed by atoms with E-state index in [-0.39, 0.29) is 41.9 Å². The van der Waals surface area contributed by atoms with Crippen molar-refractivity contribution in [3.63, 3.8) is 0 Å². The molecule has 1 saturated carbocycles. The van der Waals surface area contributed by atoms with E-state index in [1.54, 1.807) is 29.8 Å². The quantitative estimate of drug-likeness (QED) is 0.192. The molecule has 4 aliphatic rings. The number of fused-ring (bicyclic) bond motifs is 3. The number of nitrogens with one attached hydrogen (secondary N) is 3. The number of imide groups is 1. The van der Waals surface area contributed by atoms with Crippen molar-refractivity contribution in [2.24, 2.45) is 13.0 Å². The maximum atomic E-state index is 13.7. The van der Waals surface area contributed by atoms with Crippen molar-refractivity contribution in [3.05, 3.63) is 64.2 Å². The molecule has 5 heterocycles. The highest BCUT2D eigenvalue weighted by molar-refractivity contribution is 6.02. The second-order valence-corrected chi connectivity index (χ2v) is 15.3. The number of aromatic nitrogens is 3. The van der Waals surface area contributed by atoms with Crippen LogP contribution in [-0.2, 0) is 16.6 Å². The summed E-state index contributed by atoms with van der Waals surface area (Å²) in [5, 5.41) is 18.4. The van der Waals surface area contributed by atoms with Gasteiger partial charge in [0.15, 0.2) is 11.5 Å². The Morgan fingerprint density at radius 2 is 1.80 bits per heavy atom. The fourth-order valence-corrected chi connectivity index (χ4v) is 8.39. The second kappa shape index (κ2) is 14.7. The minimum Gasteiger partial charge on any atom is -0.445 e. The number of rotatable bonds is 8. The molecule has 2 saturated heterocycles. The van der Waals surface area contributed by atoms with Gasteiger partial charge < -0.3 is 25.0 Å². The molecule has 3 N–H and O–H groups in total. The van der Waals surface area contributed by atoms with Crippen LogP contribution in [0, 0.1) is 17.2 Å². The zero-order chi connectivity index (χ0) is 38.4. The van der Waals surface area contributed by atoms with Gasteiger partial charge in [0.1, 0.15) is 6.04 Å². The summed E-state index contributed by atoms with van der Waals surface area (Å²) in [6.07, 6.45) is 5.81. The van der Waals surface area contributed by atoms with E-state index in [1.165, 1.54) is 10.8 Å². The average Bonchev–Trinajstić information content (AvgIpc) is 3.43. The molecule has 15 heteroatoms. The summed E-state index contributed by atoms with van der Waals surface area (Å²) in [7, 11) is 1.74. The molecule has 1 aliphatic carbocycles. The van der Waals surface area contributed by atoms with E-state index in [0.717, 1.165) is 69.6 Å². The third-order valence-electron chi connectivity index (χ3n) is 11.2. The van der Waals surface area contributed by atoms with E-state index in [4.69, 9.17) is 9.47 Å². The first-order valence-corrected chi connectivity index (χ1v) is 19.1. The number of anilines is 2. The van der Waals surface area contributed by atoms with Crippen molar-refractivity contribution in [2.45, 2.75) is 70.5 Å². The predicted octanol–water partition coefficient (Wildman–Crippen LogP) is 4.41. The number of benzene rings is 2. The SMILES string of the molecule is CC(C)Nc1c(C(=O)NC2CCC(CN3CCN(c4cccc5c4n(C)c(=O)n5C4CCC(=O)NC4=O)CC3)CC2)cnc2c1Oc1cc(C#N)ccc1O2. The number of nitrogens with zero attached hydrogens (tertiary/aromatic N) is 6. The number of ether oxygens (including phenoxy) is 2. The number of piperazine rings is 1. The molecule has 15 nitrogen and oxygen atoms in total. The highest BCUT2D eigenvalue weighted by atomic mass is 16.6. The molecule has 3 amide bonds. The Morgan fingerprint density at radius 1 is 1.02 bits per heavy atom. The molecule has 55 heavy (non-hydrogen) atoms. The number of nitriles is 1. The molecular formula is C40H45N9O6. The van der Waals surface area contributed by atoms with Gasteiger partial charge in [-0.3, -0.25) is 33.7 Å². The summed E-state index contributed by atoms with van der Waals surface area (Å²) >= 11 is 0. The monoisotopic (exact) mass is 747 g/mol. The second-order valence-electron chi connectivity index (χ2n) is 15.3. The zero-order valence-electron chi connectivity index (χ0n) is 31.3. The Morgan fingerprint density at radius 3 is 2.53 bits per heavy atom. The molecule has 0 spiro atoms. The average molecular weight is 748 g/mol. The number of carbonyl (C=O) groups is 3. The Labute approximate surface area is 318 Å². The molecule has 4 aromatic rings. The number of imidazole rings is 1. The summed E-state index contributed by atoms with van der Waals surface area (Å²) in [6.45, 7) is 8.35. The number of aryl methyl sites for hydroxylation is 1. The predicted molar refractivity (Wildman–Crippen MR) is 205 cm³/mol.